The number of fused-ring (bicyclic) bond motifs is 1. The first-order valence-electron chi connectivity index (χ1n) is 9.02. The van der Waals surface area contributed by atoms with Crippen molar-refractivity contribution in [3.05, 3.63) is 54.1 Å². The van der Waals surface area contributed by atoms with Crippen molar-refractivity contribution in [2.45, 2.75) is 13.3 Å². The number of nitrogens with zero attached hydrogens (tertiary/aromatic N) is 1. The average Bonchev–Trinajstić information content (AvgIpc) is 2.85. The Morgan fingerprint density at radius 3 is 2.55 bits per heavy atom. The van der Waals surface area contributed by atoms with Crippen LogP contribution in [0.4, 0.5) is 11.4 Å². The predicted molar refractivity (Wildman–Crippen MR) is 105 cm³/mol. The molecule has 0 saturated carbocycles. The van der Waals surface area contributed by atoms with Crippen LogP contribution in [-0.2, 0) is 19.1 Å². The zero-order chi connectivity index (χ0) is 20.8. The van der Waals surface area contributed by atoms with Gasteiger partial charge in [0.15, 0.2) is 12.4 Å². The summed E-state index contributed by atoms with van der Waals surface area (Å²) in [6.45, 7) is 0.860. The van der Waals surface area contributed by atoms with Crippen LogP contribution in [0.25, 0.3) is 0 Å². The molecule has 0 saturated heterocycles. The number of carbonyl (C=O) groups is 4. The molecule has 0 radical (unpaired) electrons. The van der Waals surface area contributed by atoms with E-state index in [1.165, 1.54) is 24.0 Å². The van der Waals surface area contributed by atoms with E-state index in [1.807, 2.05) is 0 Å². The summed E-state index contributed by atoms with van der Waals surface area (Å²) in [5.74, 6) is -1.04. The van der Waals surface area contributed by atoms with Crippen LogP contribution in [0.5, 0.6) is 5.75 Å². The van der Waals surface area contributed by atoms with E-state index in [2.05, 4.69) is 5.32 Å². The number of ketones is 1. The summed E-state index contributed by atoms with van der Waals surface area (Å²) < 4.78 is 10.6. The number of hydrogen-bond donors (Lipinski definition) is 1. The number of rotatable bonds is 6. The first-order chi connectivity index (χ1) is 13.9. The average molecular weight is 396 g/mol. The molecule has 0 aromatic heterocycles. The van der Waals surface area contributed by atoms with Crippen LogP contribution < -0.4 is 15.0 Å². The van der Waals surface area contributed by atoms with E-state index in [0.29, 0.717) is 22.7 Å². The summed E-state index contributed by atoms with van der Waals surface area (Å²) in [6.07, 6.45) is 0.140. The number of ether oxygens (including phenoxy) is 2. The fourth-order valence-electron chi connectivity index (χ4n) is 2.84. The van der Waals surface area contributed by atoms with E-state index in [-0.39, 0.29) is 31.4 Å². The van der Waals surface area contributed by atoms with Crippen LogP contribution in [0.3, 0.4) is 0 Å². The fourth-order valence-corrected chi connectivity index (χ4v) is 2.84. The van der Waals surface area contributed by atoms with E-state index in [1.54, 1.807) is 36.4 Å². The first kappa shape index (κ1) is 20.1. The quantitative estimate of drug-likeness (QED) is 0.593. The molecule has 0 fully saturated rings. The molecule has 0 unspecified atom stereocenters. The highest BCUT2D eigenvalue weighted by Crippen LogP contribution is 2.30. The van der Waals surface area contributed by atoms with Crippen molar-refractivity contribution in [1.82, 2.24) is 0 Å². The van der Waals surface area contributed by atoms with E-state index in [9.17, 15) is 19.2 Å². The van der Waals surface area contributed by atoms with Crippen molar-refractivity contribution in [2.24, 2.45) is 0 Å². The maximum atomic E-state index is 12.3. The lowest BCUT2D eigenvalue weighted by atomic mass is 10.1. The van der Waals surface area contributed by atoms with Gasteiger partial charge in [0.05, 0.1) is 18.7 Å². The highest BCUT2D eigenvalue weighted by Gasteiger charge is 2.25. The van der Waals surface area contributed by atoms with E-state index in [0.717, 1.165) is 0 Å². The Labute approximate surface area is 167 Å². The Kier molecular flexibility index (Phi) is 6.23. The molecular weight excluding hydrogens is 376 g/mol. The van der Waals surface area contributed by atoms with E-state index < -0.39 is 18.4 Å². The van der Waals surface area contributed by atoms with Gasteiger partial charge in [-0.05, 0) is 36.4 Å². The molecule has 1 aliphatic rings. The van der Waals surface area contributed by atoms with Gasteiger partial charge in [0, 0.05) is 18.2 Å². The number of benzene rings is 2. The van der Waals surface area contributed by atoms with Crippen molar-refractivity contribution in [3.8, 4) is 5.75 Å². The smallest absolute Gasteiger partial charge is 0.326 e. The van der Waals surface area contributed by atoms with Crippen molar-refractivity contribution in [2.75, 3.05) is 30.0 Å². The van der Waals surface area contributed by atoms with Crippen LogP contribution in [-0.4, -0.2) is 43.3 Å². The van der Waals surface area contributed by atoms with Gasteiger partial charge in [-0.3, -0.25) is 24.1 Å². The summed E-state index contributed by atoms with van der Waals surface area (Å²) in [7, 11) is 0. The number of amides is 2. The molecule has 3 rings (SSSR count). The fraction of sp³-hybridized carbons (Fsp3) is 0.238. The Balaban J connectivity index is 1.59. The Morgan fingerprint density at radius 2 is 1.83 bits per heavy atom. The second-order valence-corrected chi connectivity index (χ2v) is 6.39. The van der Waals surface area contributed by atoms with Gasteiger partial charge in [-0.2, -0.15) is 0 Å². The van der Waals surface area contributed by atoms with Crippen molar-refractivity contribution < 1.29 is 28.7 Å². The largest absolute Gasteiger partial charge is 0.491 e. The highest BCUT2D eigenvalue weighted by molar-refractivity contribution is 6.01. The molecule has 2 amide bonds. The molecule has 29 heavy (non-hydrogen) atoms. The van der Waals surface area contributed by atoms with Gasteiger partial charge in [0.25, 0.3) is 0 Å². The van der Waals surface area contributed by atoms with Crippen LogP contribution in [0.1, 0.15) is 23.7 Å². The third-order valence-electron chi connectivity index (χ3n) is 4.21. The van der Waals surface area contributed by atoms with Gasteiger partial charge in [-0.25, -0.2) is 0 Å². The van der Waals surface area contributed by atoms with Crippen LogP contribution >= 0.6 is 0 Å². The number of esters is 1. The molecule has 1 heterocycles. The molecule has 150 valence electrons. The highest BCUT2D eigenvalue weighted by atomic mass is 16.5. The zero-order valence-corrected chi connectivity index (χ0v) is 15.8. The molecule has 0 atom stereocenters. The molecular formula is C21H20N2O6. The molecule has 2 aromatic rings. The Morgan fingerprint density at radius 1 is 1.10 bits per heavy atom. The minimum atomic E-state index is -0.696. The molecule has 0 bridgehead atoms. The Bertz CT molecular complexity index is 938. The minimum absolute atomic E-state index is 0.140. The van der Waals surface area contributed by atoms with Gasteiger partial charge >= 0.3 is 5.97 Å². The number of Topliss-reactive ketones (excluding diaryl/α,β-unsaturated/α-hetero) is 1. The molecule has 8 heteroatoms. The summed E-state index contributed by atoms with van der Waals surface area (Å²) in [6, 6.07) is 13.2. The van der Waals surface area contributed by atoms with E-state index >= 15 is 0 Å². The molecule has 2 aromatic carbocycles. The van der Waals surface area contributed by atoms with Crippen molar-refractivity contribution in [3.63, 3.8) is 0 Å². The number of carbonyl (C=O) groups excluding carboxylic acids is 4. The first-order valence-corrected chi connectivity index (χ1v) is 9.02. The lowest BCUT2D eigenvalue weighted by Crippen LogP contribution is -2.36. The van der Waals surface area contributed by atoms with Crippen LogP contribution in [0.15, 0.2) is 48.5 Å². The summed E-state index contributed by atoms with van der Waals surface area (Å²) >= 11 is 0. The molecule has 0 aliphatic carbocycles. The number of para-hydroxylation sites is 2. The van der Waals surface area contributed by atoms with Gasteiger partial charge in [-0.15, -0.1) is 0 Å². The normalized spacial score (nSPS) is 13.0. The van der Waals surface area contributed by atoms with Gasteiger partial charge in [-0.1, -0.05) is 12.1 Å². The predicted octanol–water partition coefficient (Wildman–Crippen LogP) is 2.19. The summed E-state index contributed by atoms with van der Waals surface area (Å²) in [5, 5.41) is 2.60. The maximum absolute atomic E-state index is 12.3. The van der Waals surface area contributed by atoms with Gasteiger partial charge < -0.3 is 14.8 Å². The number of nitrogens with one attached hydrogen (secondary N) is 1. The second kappa shape index (κ2) is 9.01. The van der Waals surface area contributed by atoms with Crippen LogP contribution in [0.2, 0.25) is 0 Å². The molecule has 8 nitrogen and oxygen atoms in total. The molecule has 1 aliphatic heterocycles. The monoisotopic (exact) mass is 396 g/mol. The summed E-state index contributed by atoms with van der Waals surface area (Å²) in [4.78, 5) is 49.1. The standard InChI is InChI=1S/C21H20N2O6/c1-14(24)22-16-8-6-15(7-9-16)18(25)13-29-21(27)12-23-17-4-2-3-5-19(17)28-11-10-20(23)26/h2-9H,10-13H2,1H3,(H,22,24). The lowest BCUT2D eigenvalue weighted by Gasteiger charge is -2.20. The van der Waals surface area contributed by atoms with Crippen molar-refractivity contribution in [1.29, 1.82) is 0 Å². The molecule has 1 N–H and O–H groups in total. The van der Waals surface area contributed by atoms with Crippen molar-refractivity contribution >= 4 is 34.9 Å². The third-order valence-corrected chi connectivity index (χ3v) is 4.21. The topological polar surface area (TPSA) is 102 Å². The zero-order valence-electron chi connectivity index (χ0n) is 15.8. The second-order valence-electron chi connectivity index (χ2n) is 6.39. The number of anilines is 2. The Hall–Kier alpha value is -3.68. The lowest BCUT2D eigenvalue weighted by molar-refractivity contribution is -0.141. The minimum Gasteiger partial charge on any atom is -0.491 e. The van der Waals surface area contributed by atoms with Crippen LogP contribution in [0, 0.1) is 0 Å². The third kappa shape index (κ3) is 5.19. The van der Waals surface area contributed by atoms with E-state index in [4.69, 9.17) is 9.47 Å². The maximum Gasteiger partial charge on any atom is 0.326 e. The van der Waals surface area contributed by atoms with Gasteiger partial charge in [0.1, 0.15) is 12.3 Å². The molecule has 0 spiro atoms. The SMILES string of the molecule is CC(=O)Nc1ccc(C(=O)COC(=O)CN2C(=O)CCOc3ccccc32)cc1. The summed E-state index contributed by atoms with van der Waals surface area (Å²) in [5.41, 5.74) is 1.40. The number of hydrogen-bond acceptors (Lipinski definition) is 6. The van der Waals surface area contributed by atoms with Gasteiger partial charge in [0.2, 0.25) is 11.8 Å².